The first kappa shape index (κ1) is 13.1. The van der Waals surface area contributed by atoms with E-state index < -0.39 is 0 Å². The summed E-state index contributed by atoms with van der Waals surface area (Å²) in [6.45, 7) is 2.42. The number of hydrogen-bond acceptors (Lipinski definition) is 3. The second-order valence-electron chi connectivity index (χ2n) is 3.96. The monoisotopic (exact) mass is 256 g/mol. The average molecular weight is 256 g/mol. The van der Waals surface area contributed by atoms with Gasteiger partial charge in [0.25, 0.3) is 0 Å². The molecule has 2 rings (SSSR count). The maximum atomic E-state index is 12.6. The van der Waals surface area contributed by atoms with Crippen molar-refractivity contribution in [1.82, 2.24) is 0 Å². The maximum absolute atomic E-state index is 12.6. The first-order chi connectivity index (χ1) is 9.27. The Balaban J connectivity index is 2.44. The highest BCUT2D eigenvalue weighted by Crippen LogP contribution is 2.26. The number of methoxy groups -OCH3 is 1. The number of ketones is 1. The molecule has 0 spiro atoms. The summed E-state index contributed by atoms with van der Waals surface area (Å²) in [4.78, 5) is 12.6. The van der Waals surface area contributed by atoms with Crippen molar-refractivity contribution in [2.75, 3.05) is 13.7 Å². The molecule has 19 heavy (non-hydrogen) atoms. The van der Waals surface area contributed by atoms with Crippen LogP contribution in [0.1, 0.15) is 22.8 Å². The lowest BCUT2D eigenvalue weighted by Gasteiger charge is -2.11. The predicted octanol–water partition coefficient (Wildman–Crippen LogP) is 3.32. The van der Waals surface area contributed by atoms with Gasteiger partial charge in [-0.05, 0) is 31.2 Å². The third-order valence-corrected chi connectivity index (χ3v) is 2.78. The van der Waals surface area contributed by atoms with Gasteiger partial charge >= 0.3 is 0 Å². The van der Waals surface area contributed by atoms with Crippen LogP contribution in [-0.4, -0.2) is 19.5 Å². The molecule has 0 unspecified atom stereocenters. The van der Waals surface area contributed by atoms with Crippen LogP contribution in [-0.2, 0) is 0 Å². The minimum absolute atomic E-state index is 0.0958. The Kier molecular flexibility index (Phi) is 4.18. The fraction of sp³-hybridized carbons (Fsp3) is 0.188. The van der Waals surface area contributed by atoms with E-state index in [9.17, 15) is 4.79 Å². The van der Waals surface area contributed by atoms with Crippen molar-refractivity contribution >= 4 is 5.78 Å². The zero-order valence-corrected chi connectivity index (χ0v) is 11.1. The first-order valence-electron chi connectivity index (χ1n) is 6.17. The highest BCUT2D eigenvalue weighted by molar-refractivity contribution is 6.12. The normalized spacial score (nSPS) is 10.0. The third-order valence-electron chi connectivity index (χ3n) is 2.78. The molecule has 0 saturated heterocycles. The molecule has 0 aliphatic carbocycles. The fourth-order valence-corrected chi connectivity index (χ4v) is 1.91. The smallest absolute Gasteiger partial charge is 0.200 e. The summed E-state index contributed by atoms with van der Waals surface area (Å²) >= 11 is 0. The molecule has 0 amide bonds. The van der Waals surface area contributed by atoms with E-state index in [-0.39, 0.29) is 5.78 Å². The van der Waals surface area contributed by atoms with Crippen LogP contribution >= 0.6 is 0 Å². The van der Waals surface area contributed by atoms with Gasteiger partial charge in [0.2, 0.25) is 0 Å². The molecule has 0 fully saturated rings. The van der Waals surface area contributed by atoms with Gasteiger partial charge in [0, 0.05) is 0 Å². The van der Waals surface area contributed by atoms with Crippen LogP contribution in [0, 0.1) is 0 Å². The van der Waals surface area contributed by atoms with Crippen LogP contribution in [0.4, 0.5) is 0 Å². The topological polar surface area (TPSA) is 35.5 Å². The van der Waals surface area contributed by atoms with E-state index in [1.807, 2.05) is 31.2 Å². The van der Waals surface area contributed by atoms with Crippen molar-refractivity contribution in [2.45, 2.75) is 6.92 Å². The van der Waals surface area contributed by atoms with Gasteiger partial charge in [-0.2, -0.15) is 0 Å². The van der Waals surface area contributed by atoms with Gasteiger partial charge in [0.05, 0.1) is 24.8 Å². The van der Waals surface area contributed by atoms with Gasteiger partial charge in [0.1, 0.15) is 11.5 Å². The van der Waals surface area contributed by atoms with Crippen LogP contribution < -0.4 is 9.47 Å². The van der Waals surface area contributed by atoms with E-state index in [1.54, 1.807) is 31.4 Å². The van der Waals surface area contributed by atoms with Crippen LogP contribution in [0.25, 0.3) is 0 Å². The molecule has 0 aromatic heterocycles. The Bertz CT molecular complexity index is 576. The molecule has 3 heteroatoms. The first-order valence-corrected chi connectivity index (χ1v) is 6.17. The lowest BCUT2D eigenvalue weighted by molar-refractivity contribution is 0.103. The van der Waals surface area contributed by atoms with Crippen molar-refractivity contribution in [2.24, 2.45) is 0 Å². The molecule has 0 aliphatic heterocycles. The summed E-state index contributed by atoms with van der Waals surface area (Å²) in [6.07, 6.45) is 0. The van der Waals surface area contributed by atoms with Crippen molar-refractivity contribution < 1.29 is 14.3 Å². The molecule has 0 atom stereocenters. The molecule has 0 radical (unpaired) electrons. The molecule has 0 heterocycles. The van der Waals surface area contributed by atoms with Crippen molar-refractivity contribution in [3.05, 3.63) is 59.7 Å². The second-order valence-corrected chi connectivity index (χ2v) is 3.96. The molecular formula is C16H16O3. The Hall–Kier alpha value is -2.29. The zero-order chi connectivity index (χ0) is 13.7. The molecule has 0 aliphatic rings. The molecule has 98 valence electrons. The number of benzene rings is 2. The molecule has 0 saturated carbocycles. The van der Waals surface area contributed by atoms with Gasteiger partial charge in [0.15, 0.2) is 5.78 Å². The van der Waals surface area contributed by atoms with Gasteiger partial charge < -0.3 is 9.47 Å². The number of ether oxygens (including phenoxy) is 2. The highest BCUT2D eigenvalue weighted by atomic mass is 16.5. The van der Waals surface area contributed by atoms with Gasteiger partial charge in [-0.1, -0.05) is 24.3 Å². The Morgan fingerprint density at radius 3 is 2.05 bits per heavy atom. The standard InChI is InChI=1S/C16H16O3/c1-3-19-15-11-7-5-9-13(15)16(17)12-8-4-6-10-14(12)18-2/h4-11H,3H2,1-2H3. The van der Waals surface area contributed by atoms with Gasteiger partial charge in [-0.3, -0.25) is 4.79 Å². The van der Waals surface area contributed by atoms with Crippen molar-refractivity contribution in [3.8, 4) is 11.5 Å². The number of rotatable bonds is 5. The predicted molar refractivity (Wildman–Crippen MR) is 74.0 cm³/mol. The van der Waals surface area contributed by atoms with E-state index in [4.69, 9.17) is 9.47 Å². The average Bonchev–Trinajstić information content (AvgIpc) is 2.47. The van der Waals surface area contributed by atoms with E-state index >= 15 is 0 Å². The molecule has 0 N–H and O–H groups in total. The number of carbonyl (C=O) groups is 1. The Morgan fingerprint density at radius 1 is 0.947 bits per heavy atom. The van der Waals surface area contributed by atoms with E-state index in [0.717, 1.165) is 0 Å². The fourth-order valence-electron chi connectivity index (χ4n) is 1.91. The highest BCUT2D eigenvalue weighted by Gasteiger charge is 2.17. The second kappa shape index (κ2) is 6.05. The zero-order valence-electron chi connectivity index (χ0n) is 11.1. The molecular weight excluding hydrogens is 240 g/mol. The third kappa shape index (κ3) is 2.76. The minimum Gasteiger partial charge on any atom is -0.496 e. The maximum Gasteiger partial charge on any atom is 0.200 e. The number of carbonyl (C=O) groups excluding carboxylic acids is 1. The summed E-state index contributed by atoms with van der Waals surface area (Å²) in [5, 5.41) is 0. The van der Waals surface area contributed by atoms with Crippen LogP contribution in [0.15, 0.2) is 48.5 Å². The Morgan fingerprint density at radius 2 is 1.47 bits per heavy atom. The van der Waals surface area contributed by atoms with Crippen LogP contribution in [0.5, 0.6) is 11.5 Å². The number of hydrogen-bond donors (Lipinski definition) is 0. The lowest BCUT2D eigenvalue weighted by atomic mass is 10.0. The lowest BCUT2D eigenvalue weighted by Crippen LogP contribution is -2.06. The van der Waals surface area contributed by atoms with Crippen LogP contribution in [0.3, 0.4) is 0 Å². The number of para-hydroxylation sites is 2. The summed E-state index contributed by atoms with van der Waals surface area (Å²) in [5.74, 6) is 1.07. The summed E-state index contributed by atoms with van der Waals surface area (Å²) in [6, 6.07) is 14.4. The largest absolute Gasteiger partial charge is 0.496 e. The van der Waals surface area contributed by atoms with Gasteiger partial charge in [-0.15, -0.1) is 0 Å². The SMILES string of the molecule is CCOc1ccccc1C(=O)c1ccccc1OC. The van der Waals surface area contributed by atoms with Crippen molar-refractivity contribution in [1.29, 1.82) is 0 Å². The molecule has 2 aromatic rings. The van der Waals surface area contributed by atoms with E-state index in [2.05, 4.69) is 0 Å². The summed E-state index contributed by atoms with van der Waals surface area (Å²) in [7, 11) is 1.56. The van der Waals surface area contributed by atoms with E-state index in [1.165, 1.54) is 0 Å². The quantitative estimate of drug-likeness (QED) is 0.770. The van der Waals surface area contributed by atoms with Gasteiger partial charge in [-0.25, -0.2) is 0 Å². The minimum atomic E-state index is -0.0958. The van der Waals surface area contributed by atoms with Crippen molar-refractivity contribution in [3.63, 3.8) is 0 Å². The van der Waals surface area contributed by atoms with Crippen LogP contribution in [0.2, 0.25) is 0 Å². The van der Waals surface area contributed by atoms with E-state index in [0.29, 0.717) is 29.2 Å². The molecule has 2 aromatic carbocycles. The Labute approximate surface area is 112 Å². The molecule has 0 bridgehead atoms. The molecule has 3 nitrogen and oxygen atoms in total. The summed E-state index contributed by atoms with van der Waals surface area (Å²) < 4.78 is 10.7. The summed E-state index contributed by atoms with van der Waals surface area (Å²) in [5.41, 5.74) is 1.09.